The SMILES string of the molecule is COCCC1C(CCO)c2ccc3ccccc3c2-c2c3c(nc[n+]21)-c1c(ccc2ccccc12)C3(C)C. The number of ether oxygens (including phenoxy) is 1. The van der Waals surface area contributed by atoms with Gasteiger partial charge in [-0.05, 0) is 44.1 Å². The molecule has 1 N–H and O–H groups in total. The Labute approximate surface area is 223 Å². The van der Waals surface area contributed by atoms with Gasteiger partial charge in [-0.15, -0.1) is 0 Å². The number of hydrogen-bond acceptors (Lipinski definition) is 3. The Hall–Kier alpha value is -3.60. The Balaban J connectivity index is 1.61. The van der Waals surface area contributed by atoms with Gasteiger partial charge in [0.25, 0.3) is 6.33 Å². The van der Waals surface area contributed by atoms with Crippen LogP contribution in [0.5, 0.6) is 0 Å². The number of aliphatic hydroxyl groups excluding tert-OH is 1. The van der Waals surface area contributed by atoms with E-state index in [1.807, 2.05) is 0 Å². The van der Waals surface area contributed by atoms with E-state index in [4.69, 9.17) is 9.72 Å². The molecule has 2 heterocycles. The average molecular weight is 502 g/mol. The fourth-order valence-electron chi connectivity index (χ4n) is 7.28. The first-order valence-electron chi connectivity index (χ1n) is 13.6. The topological polar surface area (TPSA) is 46.2 Å². The highest BCUT2D eigenvalue weighted by atomic mass is 16.5. The van der Waals surface area contributed by atoms with Crippen LogP contribution in [0.25, 0.3) is 44.1 Å². The first-order valence-corrected chi connectivity index (χ1v) is 13.6. The highest BCUT2D eigenvalue weighted by Crippen LogP contribution is 2.55. The molecule has 4 aromatic carbocycles. The smallest absolute Gasteiger partial charge is 0.287 e. The Morgan fingerprint density at radius 1 is 0.868 bits per heavy atom. The summed E-state index contributed by atoms with van der Waals surface area (Å²) < 4.78 is 8.00. The van der Waals surface area contributed by atoms with Crippen molar-refractivity contribution in [3.8, 4) is 22.5 Å². The molecule has 4 heteroatoms. The van der Waals surface area contributed by atoms with Crippen LogP contribution in [0, 0.1) is 0 Å². The second kappa shape index (κ2) is 8.72. The quantitative estimate of drug-likeness (QED) is 0.272. The Morgan fingerprint density at radius 2 is 1.55 bits per heavy atom. The van der Waals surface area contributed by atoms with Crippen molar-refractivity contribution in [2.75, 3.05) is 20.3 Å². The number of aliphatic hydroxyl groups is 1. The van der Waals surface area contributed by atoms with Crippen molar-refractivity contribution < 1.29 is 14.4 Å². The van der Waals surface area contributed by atoms with Crippen molar-refractivity contribution in [3.63, 3.8) is 0 Å². The highest BCUT2D eigenvalue weighted by molar-refractivity contribution is 6.04. The van der Waals surface area contributed by atoms with Gasteiger partial charge < -0.3 is 9.84 Å². The zero-order chi connectivity index (χ0) is 26.0. The minimum Gasteiger partial charge on any atom is -0.396 e. The lowest BCUT2D eigenvalue weighted by molar-refractivity contribution is -0.722. The lowest BCUT2D eigenvalue weighted by atomic mass is 9.74. The Bertz CT molecular complexity index is 1720. The van der Waals surface area contributed by atoms with Gasteiger partial charge >= 0.3 is 0 Å². The summed E-state index contributed by atoms with van der Waals surface area (Å²) in [5, 5.41) is 15.2. The van der Waals surface area contributed by atoms with Crippen molar-refractivity contribution in [1.82, 2.24) is 4.98 Å². The number of aromatic nitrogens is 2. The molecule has 0 radical (unpaired) electrons. The number of benzene rings is 4. The van der Waals surface area contributed by atoms with Gasteiger partial charge in [-0.3, -0.25) is 0 Å². The number of fused-ring (bicyclic) bond motifs is 11. The number of nitrogens with zero attached hydrogens (tertiary/aromatic N) is 2. The number of methoxy groups -OCH3 is 1. The number of rotatable bonds is 5. The van der Waals surface area contributed by atoms with Gasteiger partial charge in [0.15, 0.2) is 5.69 Å². The molecule has 0 saturated heterocycles. The van der Waals surface area contributed by atoms with E-state index in [1.54, 1.807) is 7.11 Å². The second-order valence-electron chi connectivity index (χ2n) is 11.3. The molecule has 0 spiro atoms. The Morgan fingerprint density at radius 3 is 2.26 bits per heavy atom. The molecular weight excluding hydrogens is 468 g/mol. The maximum absolute atomic E-state index is 10.1. The fraction of sp³-hybridized carbons (Fsp3) is 0.294. The summed E-state index contributed by atoms with van der Waals surface area (Å²) in [6.45, 7) is 5.51. The maximum atomic E-state index is 10.1. The molecule has 0 saturated carbocycles. The standard InChI is InChI=1S/C34H33N2O2/c1-34(2)27-15-13-22-9-5-7-11-24(22)30(27)32-31(34)33-29-23-10-6-4-8-21(23)12-14-26(29)25(16-18-37)28(17-19-38-3)36(33)20-35-32/h4-15,20,25,28,37H,16-19H2,1-3H3/q+1. The van der Waals surface area contributed by atoms with E-state index in [1.165, 1.54) is 55.1 Å². The van der Waals surface area contributed by atoms with Crippen molar-refractivity contribution in [2.45, 2.75) is 44.1 Å². The molecule has 0 fully saturated rings. The van der Waals surface area contributed by atoms with Crippen molar-refractivity contribution in [3.05, 3.63) is 95.8 Å². The summed E-state index contributed by atoms with van der Waals surface area (Å²) in [5.41, 5.74) is 8.65. The molecule has 0 amide bonds. The predicted octanol–water partition coefficient (Wildman–Crippen LogP) is 6.71. The molecule has 5 aromatic rings. The van der Waals surface area contributed by atoms with Crippen LogP contribution in [-0.2, 0) is 10.2 Å². The third-order valence-corrected chi connectivity index (χ3v) is 8.98. The summed E-state index contributed by atoms with van der Waals surface area (Å²) in [4.78, 5) is 5.23. The van der Waals surface area contributed by atoms with Crippen LogP contribution in [0.4, 0.5) is 0 Å². The predicted molar refractivity (Wildman–Crippen MR) is 152 cm³/mol. The second-order valence-corrected chi connectivity index (χ2v) is 11.3. The van der Waals surface area contributed by atoms with Gasteiger partial charge in [0.2, 0.25) is 0 Å². The minimum absolute atomic E-state index is 0.150. The molecule has 2 unspecified atom stereocenters. The van der Waals surface area contributed by atoms with Gasteiger partial charge in [-0.2, -0.15) is 0 Å². The van der Waals surface area contributed by atoms with E-state index in [9.17, 15) is 5.11 Å². The molecule has 2 atom stereocenters. The van der Waals surface area contributed by atoms with E-state index >= 15 is 0 Å². The third kappa shape index (κ3) is 3.17. The van der Waals surface area contributed by atoms with E-state index in [-0.39, 0.29) is 24.0 Å². The monoisotopic (exact) mass is 501 g/mol. The molecular formula is C34H33N2O2+. The van der Waals surface area contributed by atoms with Crippen LogP contribution >= 0.6 is 0 Å². The molecule has 0 bridgehead atoms. The maximum Gasteiger partial charge on any atom is 0.287 e. The zero-order valence-corrected chi connectivity index (χ0v) is 22.2. The molecule has 4 nitrogen and oxygen atoms in total. The minimum atomic E-state index is -0.218. The van der Waals surface area contributed by atoms with Crippen LogP contribution in [0.1, 0.15) is 55.3 Å². The molecule has 1 aliphatic heterocycles. The molecule has 7 rings (SSSR count). The molecule has 38 heavy (non-hydrogen) atoms. The third-order valence-electron chi connectivity index (χ3n) is 8.98. The first kappa shape index (κ1) is 23.5. The first-order chi connectivity index (χ1) is 18.6. The summed E-state index contributed by atoms with van der Waals surface area (Å²) in [5.74, 6) is 0.180. The summed E-state index contributed by atoms with van der Waals surface area (Å²) in [6, 6.07) is 26.6. The zero-order valence-electron chi connectivity index (χ0n) is 22.2. The van der Waals surface area contributed by atoms with Crippen LogP contribution in [0.15, 0.2) is 79.1 Å². The van der Waals surface area contributed by atoms with E-state index < -0.39 is 0 Å². The number of hydrogen-bond donors (Lipinski definition) is 1. The van der Waals surface area contributed by atoms with Gasteiger partial charge in [-0.25, -0.2) is 4.57 Å². The van der Waals surface area contributed by atoms with Crippen LogP contribution in [-0.4, -0.2) is 30.4 Å². The van der Waals surface area contributed by atoms with E-state index in [0.717, 1.165) is 12.1 Å². The average Bonchev–Trinajstić information content (AvgIpc) is 3.19. The van der Waals surface area contributed by atoms with Gasteiger partial charge in [0.05, 0.1) is 12.2 Å². The molecule has 1 aromatic heterocycles. The largest absolute Gasteiger partial charge is 0.396 e. The van der Waals surface area contributed by atoms with Crippen molar-refractivity contribution in [1.29, 1.82) is 0 Å². The summed E-state index contributed by atoms with van der Waals surface area (Å²) >= 11 is 0. The van der Waals surface area contributed by atoms with Crippen LogP contribution in [0.2, 0.25) is 0 Å². The van der Waals surface area contributed by atoms with Gasteiger partial charge in [0.1, 0.15) is 11.7 Å². The van der Waals surface area contributed by atoms with Crippen LogP contribution < -0.4 is 4.57 Å². The highest BCUT2D eigenvalue weighted by Gasteiger charge is 2.48. The van der Waals surface area contributed by atoms with E-state index in [2.05, 4.69) is 97.5 Å². The fourth-order valence-corrected chi connectivity index (χ4v) is 7.28. The lowest BCUT2D eigenvalue weighted by Gasteiger charge is -2.35. The molecule has 2 aliphatic rings. The normalized spacial score (nSPS) is 18.7. The van der Waals surface area contributed by atoms with Gasteiger partial charge in [0, 0.05) is 42.6 Å². The summed E-state index contributed by atoms with van der Waals surface area (Å²) in [6.07, 6.45) is 3.63. The van der Waals surface area contributed by atoms with Crippen molar-refractivity contribution >= 4 is 21.5 Å². The summed E-state index contributed by atoms with van der Waals surface area (Å²) in [7, 11) is 1.77. The molecule has 1 aliphatic carbocycles. The Kier molecular flexibility index (Phi) is 5.40. The lowest BCUT2D eigenvalue weighted by Crippen LogP contribution is -2.50. The molecule has 190 valence electrons. The van der Waals surface area contributed by atoms with Crippen molar-refractivity contribution in [2.24, 2.45) is 0 Å². The van der Waals surface area contributed by atoms with Crippen LogP contribution in [0.3, 0.4) is 0 Å². The van der Waals surface area contributed by atoms with Gasteiger partial charge in [-0.1, -0.05) is 86.6 Å². The van der Waals surface area contributed by atoms with E-state index in [0.29, 0.717) is 13.0 Å².